The van der Waals surface area contributed by atoms with Gasteiger partial charge in [-0.05, 0) is 37.4 Å². The molecule has 0 saturated heterocycles. The van der Waals surface area contributed by atoms with Crippen LogP contribution >= 0.6 is 11.3 Å². The summed E-state index contributed by atoms with van der Waals surface area (Å²) in [6.45, 7) is 4.92. The first-order valence-corrected chi connectivity index (χ1v) is 8.85. The monoisotopic (exact) mass is 354 g/mol. The number of Topliss-reactive ketones (excluding diaryl/α,β-unsaturated/α-hetero) is 1. The summed E-state index contributed by atoms with van der Waals surface area (Å²) in [5, 5.41) is 2.05. The number of amides is 1. The lowest BCUT2D eigenvalue weighted by atomic mass is 10.1. The van der Waals surface area contributed by atoms with Crippen LogP contribution in [0.15, 0.2) is 48.1 Å². The van der Waals surface area contributed by atoms with Gasteiger partial charge >= 0.3 is 0 Å². The quantitative estimate of drug-likeness (QED) is 0.546. The summed E-state index contributed by atoms with van der Waals surface area (Å²) in [6, 6.07) is 9.41. The van der Waals surface area contributed by atoms with E-state index in [1.165, 1.54) is 4.88 Å². The molecule has 0 fully saturated rings. The van der Waals surface area contributed by atoms with E-state index in [9.17, 15) is 9.59 Å². The van der Waals surface area contributed by atoms with Crippen molar-refractivity contribution < 1.29 is 14.2 Å². The standard InChI is InChI=1S/C19H19N3O2S/c1-13-9-17(14(2)22(13)11-16-6-4-8-25-16)18(23)12-21-7-3-5-15(10-21)19(20)24/h3-10H,11-12H2,1-2H3,(H-,20,24)/p+1. The summed E-state index contributed by atoms with van der Waals surface area (Å²) < 4.78 is 3.84. The lowest BCUT2D eigenvalue weighted by Crippen LogP contribution is -2.38. The fourth-order valence-electron chi connectivity index (χ4n) is 2.90. The van der Waals surface area contributed by atoms with E-state index < -0.39 is 5.91 Å². The number of pyridine rings is 1. The largest absolute Gasteiger partial charge is 0.365 e. The number of aryl methyl sites for hydroxylation is 1. The number of carbonyl (C=O) groups is 2. The molecule has 0 aromatic carbocycles. The molecule has 0 atom stereocenters. The Kier molecular flexibility index (Phi) is 4.81. The highest BCUT2D eigenvalue weighted by atomic mass is 32.1. The number of aromatic nitrogens is 2. The molecular weight excluding hydrogens is 334 g/mol. The number of thiophene rings is 1. The topological polar surface area (TPSA) is 69.0 Å². The molecule has 3 aromatic heterocycles. The summed E-state index contributed by atoms with van der Waals surface area (Å²) in [5.74, 6) is -0.493. The summed E-state index contributed by atoms with van der Waals surface area (Å²) in [7, 11) is 0. The number of carbonyl (C=O) groups excluding carboxylic acids is 2. The molecule has 0 aliphatic heterocycles. The maximum atomic E-state index is 12.7. The van der Waals surface area contributed by atoms with E-state index in [1.54, 1.807) is 40.4 Å². The highest BCUT2D eigenvalue weighted by Gasteiger charge is 2.20. The van der Waals surface area contributed by atoms with Gasteiger partial charge in [-0.2, -0.15) is 4.57 Å². The fourth-order valence-corrected chi connectivity index (χ4v) is 3.59. The number of ketones is 1. The SMILES string of the molecule is Cc1cc(C(=O)C[n+]2cccc(C(N)=O)c2)c(C)n1Cc1cccs1. The third-order valence-corrected chi connectivity index (χ3v) is 5.10. The van der Waals surface area contributed by atoms with Crippen LogP contribution in [0.5, 0.6) is 0 Å². The maximum Gasteiger partial charge on any atom is 0.254 e. The van der Waals surface area contributed by atoms with Crippen molar-refractivity contribution in [2.24, 2.45) is 5.73 Å². The van der Waals surface area contributed by atoms with Crippen LogP contribution in [0.4, 0.5) is 0 Å². The van der Waals surface area contributed by atoms with Crippen molar-refractivity contribution in [1.29, 1.82) is 0 Å². The molecule has 0 spiro atoms. The molecule has 3 rings (SSSR count). The minimum absolute atomic E-state index is 0.0113. The first-order valence-electron chi connectivity index (χ1n) is 7.97. The van der Waals surface area contributed by atoms with Crippen LogP contribution in [0.25, 0.3) is 0 Å². The predicted octanol–water partition coefficient (Wildman–Crippen LogP) is 2.48. The van der Waals surface area contributed by atoms with E-state index in [0.717, 1.165) is 17.9 Å². The van der Waals surface area contributed by atoms with Gasteiger partial charge in [0, 0.05) is 27.9 Å². The Morgan fingerprint density at radius 1 is 1.24 bits per heavy atom. The minimum Gasteiger partial charge on any atom is -0.365 e. The van der Waals surface area contributed by atoms with Gasteiger partial charge in [-0.1, -0.05) is 6.07 Å². The van der Waals surface area contributed by atoms with Crippen LogP contribution in [0.2, 0.25) is 0 Å². The molecule has 0 radical (unpaired) electrons. The maximum absolute atomic E-state index is 12.7. The summed E-state index contributed by atoms with van der Waals surface area (Å²) in [4.78, 5) is 25.3. The van der Waals surface area contributed by atoms with Crippen LogP contribution in [0, 0.1) is 13.8 Å². The molecule has 0 unspecified atom stereocenters. The Bertz CT molecular complexity index is 926. The van der Waals surface area contributed by atoms with Crippen molar-refractivity contribution in [3.05, 3.63) is 75.5 Å². The van der Waals surface area contributed by atoms with Crippen molar-refractivity contribution >= 4 is 23.0 Å². The van der Waals surface area contributed by atoms with E-state index in [1.807, 2.05) is 26.0 Å². The molecule has 0 bridgehead atoms. The Labute approximate surface area is 150 Å². The van der Waals surface area contributed by atoms with Gasteiger partial charge in [-0.15, -0.1) is 11.3 Å². The van der Waals surface area contributed by atoms with Crippen molar-refractivity contribution in [2.45, 2.75) is 26.9 Å². The van der Waals surface area contributed by atoms with E-state index in [0.29, 0.717) is 11.1 Å². The number of nitrogens with two attached hydrogens (primary N) is 1. The summed E-state index contributed by atoms with van der Waals surface area (Å²) >= 11 is 1.71. The Hall–Kier alpha value is -2.73. The molecule has 3 aromatic rings. The molecule has 0 aliphatic carbocycles. The Morgan fingerprint density at radius 3 is 2.72 bits per heavy atom. The second-order valence-electron chi connectivity index (χ2n) is 6.00. The van der Waals surface area contributed by atoms with E-state index >= 15 is 0 Å². The molecule has 1 amide bonds. The number of hydrogen-bond donors (Lipinski definition) is 1. The average molecular weight is 354 g/mol. The van der Waals surface area contributed by atoms with Gasteiger partial charge in [0.2, 0.25) is 12.3 Å². The smallest absolute Gasteiger partial charge is 0.254 e. The van der Waals surface area contributed by atoms with Gasteiger partial charge in [0.15, 0.2) is 12.4 Å². The van der Waals surface area contributed by atoms with Crippen LogP contribution in [-0.2, 0) is 13.1 Å². The molecule has 2 N–H and O–H groups in total. The van der Waals surface area contributed by atoms with Gasteiger partial charge in [0.05, 0.1) is 6.54 Å². The molecule has 25 heavy (non-hydrogen) atoms. The predicted molar refractivity (Wildman–Crippen MR) is 96.8 cm³/mol. The first kappa shape index (κ1) is 17.1. The van der Waals surface area contributed by atoms with Gasteiger partial charge in [0.1, 0.15) is 5.56 Å². The Morgan fingerprint density at radius 2 is 2.04 bits per heavy atom. The van der Waals surface area contributed by atoms with Crippen LogP contribution in [0.3, 0.4) is 0 Å². The molecule has 0 aliphatic rings. The second-order valence-corrected chi connectivity index (χ2v) is 7.03. The van der Waals surface area contributed by atoms with Gasteiger partial charge in [-0.3, -0.25) is 9.59 Å². The third-order valence-electron chi connectivity index (χ3n) is 4.24. The molecule has 3 heterocycles. The second kappa shape index (κ2) is 7.03. The van der Waals surface area contributed by atoms with Crippen molar-refractivity contribution in [3.63, 3.8) is 0 Å². The lowest BCUT2D eigenvalue weighted by Gasteiger charge is -2.08. The zero-order chi connectivity index (χ0) is 18.0. The molecule has 6 heteroatoms. The normalized spacial score (nSPS) is 10.8. The fraction of sp³-hybridized carbons (Fsp3) is 0.211. The summed E-state index contributed by atoms with van der Waals surface area (Å²) in [5.41, 5.74) is 8.42. The zero-order valence-corrected chi connectivity index (χ0v) is 15.0. The number of rotatable bonds is 6. The van der Waals surface area contributed by atoms with Crippen LogP contribution in [0.1, 0.15) is 37.0 Å². The van der Waals surface area contributed by atoms with Crippen LogP contribution < -0.4 is 10.3 Å². The number of hydrogen-bond acceptors (Lipinski definition) is 3. The zero-order valence-electron chi connectivity index (χ0n) is 14.2. The van der Waals surface area contributed by atoms with Crippen molar-refractivity contribution in [1.82, 2.24) is 4.57 Å². The van der Waals surface area contributed by atoms with E-state index in [4.69, 9.17) is 5.73 Å². The van der Waals surface area contributed by atoms with Crippen LogP contribution in [-0.4, -0.2) is 16.3 Å². The first-order chi connectivity index (χ1) is 12.0. The minimum atomic E-state index is -0.504. The average Bonchev–Trinajstić information content (AvgIpc) is 3.19. The van der Waals surface area contributed by atoms with E-state index in [2.05, 4.69) is 16.0 Å². The molecule has 128 valence electrons. The van der Waals surface area contributed by atoms with Gasteiger partial charge in [-0.25, -0.2) is 0 Å². The highest BCUT2D eigenvalue weighted by molar-refractivity contribution is 7.09. The van der Waals surface area contributed by atoms with Gasteiger partial charge < -0.3 is 10.3 Å². The molecule has 5 nitrogen and oxygen atoms in total. The number of primary amides is 1. The lowest BCUT2D eigenvalue weighted by molar-refractivity contribution is -0.683. The van der Waals surface area contributed by atoms with E-state index in [-0.39, 0.29) is 12.3 Å². The van der Waals surface area contributed by atoms with Crippen molar-refractivity contribution in [2.75, 3.05) is 0 Å². The third kappa shape index (κ3) is 3.69. The number of nitrogens with zero attached hydrogens (tertiary/aromatic N) is 2. The van der Waals surface area contributed by atoms with Crippen molar-refractivity contribution in [3.8, 4) is 0 Å². The molecule has 0 saturated carbocycles. The van der Waals surface area contributed by atoms with Gasteiger partial charge in [0.25, 0.3) is 5.91 Å². The Balaban J connectivity index is 1.83. The molecular formula is C19H20N3O2S+. The highest BCUT2D eigenvalue weighted by Crippen LogP contribution is 2.19. The summed E-state index contributed by atoms with van der Waals surface area (Å²) in [6.07, 6.45) is 3.36.